The van der Waals surface area contributed by atoms with Crippen LogP contribution < -0.4 is 10.1 Å². The molecule has 100 valence electrons. The monoisotopic (exact) mass is 267 g/mol. The second-order valence-corrected chi connectivity index (χ2v) is 5.40. The lowest BCUT2D eigenvalue weighted by atomic mass is 10.1. The standard InChI is InChI=1S/C15H22ClNO/c1-2-3-4-5-8-17-11-14-10-12-9-13(16)6-7-15(12)18-14/h6-7,9,14,17H,2-5,8,10-11H2,1H3. The summed E-state index contributed by atoms with van der Waals surface area (Å²) in [4.78, 5) is 0. The molecule has 1 heterocycles. The highest BCUT2D eigenvalue weighted by molar-refractivity contribution is 6.30. The SMILES string of the molecule is CCCCCCNCC1Cc2cc(Cl)ccc2O1. The first-order chi connectivity index (χ1) is 8.79. The van der Waals surface area contributed by atoms with Gasteiger partial charge in [0.1, 0.15) is 11.9 Å². The Labute approximate surface area is 115 Å². The number of fused-ring (bicyclic) bond motifs is 1. The average molecular weight is 268 g/mol. The second kappa shape index (κ2) is 7.01. The first kappa shape index (κ1) is 13.7. The summed E-state index contributed by atoms with van der Waals surface area (Å²) in [5.41, 5.74) is 1.24. The van der Waals surface area contributed by atoms with Crippen molar-refractivity contribution in [3.63, 3.8) is 0 Å². The molecule has 2 nitrogen and oxygen atoms in total. The number of unbranched alkanes of at least 4 members (excludes halogenated alkanes) is 3. The molecule has 1 unspecified atom stereocenters. The fourth-order valence-electron chi connectivity index (χ4n) is 2.34. The Bertz CT molecular complexity index is 381. The maximum Gasteiger partial charge on any atom is 0.123 e. The maximum atomic E-state index is 5.98. The van der Waals surface area contributed by atoms with Crippen molar-refractivity contribution in [1.82, 2.24) is 5.32 Å². The number of hydrogen-bond donors (Lipinski definition) is 1. The van der Waals surface area contributed by atoms with Crippen molar-refractivity contribution in [3.8, 4) is 5.75 Å². The van der Waals surface area contributed by atoms with Crippen LogP contribution in [0.5, 0.6) is 5.75 Å². The second-order valence-electron chi connectivity index (χ2n) is 4.96. The van der Waals surface area contributed by atoms with Gasteiger partial charge in [-0.3, -0.25) is 0 Å². The van der Waals surface area contributed by atoms with Crippen molar-refractivity contribution in [3.05, 3.63) is 28.8 Å². The van der Waals surface area contributed by atoms with E-state index < -0.39 is 0 Å². The molecule has 2 rings (SSSR count). The first-order valence-corrected chi connectivity index (χ1v) is 7.33. The molecule has 0 bridgehead atoms. The van der Waals surface area contributed by atoms with Crippen LogP contribution >= 0.6 is 11.6 Å². The van der Waals surface area contributed by atoms with Crippen molar-refractivity contribution < 1.29 is 4.74 Å². The predicted octanol–water partition coefficient (Wildman–Crippen LogP) is 3.81. The molecule has 0 aliphatic carbocycles. The summed E-state index contributed by atoms with van der Waals surface area (Å²) >= 11 is 5.98. The van der Waals surface area contributed by atoms with Crippen molar-refractivity contribution in [2.75, 3.05) is 13.1 Å². The molecule has 0 radical (unpaired) electrons. The molecular formula is C15H22ClNO. The number of halogens is 1. The van der Waals surface area contributed by atoms with Gasteiger partial charge < -0.3 is 10.1 Å². The van der Waals surface area contributed by atoms with Crippen LogP contribution in [0.3, 0.4) is 0 Å². The van der Waals surface area contributed by atoms with Crippen molar-refractivity contribution in [2.45, 2.75) is 45.1 Å². The van der Waals surface area contributed by atoms with E-state index in [1.165, 1.54) is 31.2 Å². The third-order valence-corrected chi connectivity index (χ3v) is 3.58. The summed E-state index contributed by atoms with van der Waals surface area (Å²) in [6, 6.07) is 5.87. The van der Waals surface area contributed by atoms with E-state index in [1.54, 1.807) is 0 Å². The highest BCUT2D eigenvalue weighted by Gasteiger charge is 2.22. The third-order valence-electron chi connectivity index (χ3n) is 3.34. The van der Waals surface area contributed by atoms with Gasteiger partial charge in [0.15, 0.2) is 0 Å². The zero-order valence-electron chi connectivity index (χ0n) is 11.0. The minimum atomic E-state index is 0.268. The number of hydrogen-bond acceptors (Lipinski definition) is 2. The van der Waals surface area contributed by atoms with Gasteiger partial charge in [0.05, 0.1) is 0 Å². The molecule has 0 saturated carbocycles. The molecule has 1 N–H and O–H groups in total. The molecule has 0 aromatic heterocycles. The van der Waals surface area contributed by atoms with E-state index in [-0.39, 0.29) is 6.10 Å². The first-order valence-electron chi connectivity index (χ1n) is 6.95. The van der Waals surface area contributed by atoms with Gasteiger partial charge in [-0.25, -0.2) is 0 Å². The van der Waals surface area contributed by atoms with Crippen LogP contribution in [0.1, 0.15) is 38.2 Å². The zero-order chi connectivity index (χ0) is 12.8. The smallest absolute Gasteiger partial charge is 0.123 e. The summed E-state index contributed by atoms with van der Waals surface area (Å²) < 4.78 is 5.87. The van der Waals surface area contributed by atoms with Crippen molar-refractivity contribution in [1.29, 1.82) is 0 Å². The lowest BCUT2D eigenvalue weighted by Crippen LogP contribution is -2.30. The molecule has 1 aromatic carbocycles. The quantitative estimate of drug-likeness (QED) is 0.759. The number of rotatable bonds is 7. The molecule has 0 amide bonds. The van der Waals surface area contributed by atoms with Gasteiger partial charge in [-0.2, -0.15) is 0 Å². The molecule has 1 aliphatic heterocycles. The van der Waals surface area contributed by atoms with Gasteiger partial charge in [-0.1, -0.05) is 37.8 Å². The van der Waals surface area contributed by atoms with Gasteiger partial charge in [0, 0.05) is 18.0 Å². The number of ether oxygens (including phenoxy) is 1. The normalized spacial score (nSPS) is 17.6. The van der Waals surface area contributed by atoms with E-state index in [0.29, 0.717) is 0 Å². The van der Waals surface area contributed by atoms with Gasteiger partial charge in [-0.15, -0.1) is 0 Å². The summed E-state index contributed by atoms with van der Waals surface area (Å²) in [7, 11) is 0. The van der Waals surface area contributed by atoms with E-state index in [9.17, 15) is 0 Å². The van der Waals surface area contributed by atoms with Crippen LogP contribution in [-0.2, 0) is 6.42 Å². The fourth-order valence-corrected chi connectivity index (χ4v) is 2.54. The molecule has 0 saturated heterocycles. The fraction of sp³-hybridized carbons (Fsp3) is 0.600. The lowest BCUT2D eigenvalue weighted by Gasteiger charge is -2.11. The van der Waals surface area contributed by atoms with Gasteiger partial charge in [0.25, 0.3) is 0 Å². The summed E-state index contributed by atoms with van der Waals surface area (Å²) in [5, 5.41) is 4.27. The van der Waals surface area contributed by atoms with E-state index in [2.05, 4.69) is 12.2 Å². The number of nitrogens with one attached hydrogen (secondary N) is 1. The Hall–Kier alpha value is -0.730. The van der Waals surface area contributed by atoms with Crippen LogP contribution in [0.25, 0.3) is 0 Å². The molecule has 18 heavy (non-hydrogen) atoms. The van der Waals surface area contributed by atoms with E-state index in [4.69, 9.17) is 16.3 Å². The van der Waals surface area contributed by atoms with Crippen molar-refractivity contribution >= 4 is 11.6 Å². The molecule has 3 heteroatoms. The average Bonchev–Trinajstić information content (AvgIpc) is 2.75. The Balaban J connectivity index is 1.65. The molecule has 0 fully saturated rings. The Kier molecular flexibility index (Phi) is 5.33. The molecular weight excluding hydrogens is 246 g/mol. The lowest BCUT2D eigenvalue weighted by molar-refractivity contribution is 0.227. The molecule has 1 atom stereocenters. The van der Waals surface area contributed by atoms with Crippen LogP contribution in [-0.4, -0.2) is 19.2 Å². The Morgan fingerprint density at radius 2 is 2.22 bits per heavy atom. The van der Waals surface area contributed by atoms with Crippen molar-refractivity contribution in [2.24, 2.45) is 0 Å². The summed E-state index contributed by atoms with van der Waals surface area (Å²) in [6.45, 7) is 4.26. The zero-order valence-corrected chi connectivity index (χ0v) is 11.8. The number of benzene rings is 1. The van der Waals surface area contributed by atoms with E-state index in [1.807, 2.05) is 18.2 Å². The maximum absolute atomic E-state index is 5.98. The summed E-state index contributed by atoms with van der Waals surface area (Å²) in [6.07, 6.45) is 6.46. The summed E-state index contributed by atoms with van der Waals surface area (Å²) in [5.74, 6) is 0.997. The molecule has 0 spiro atoms. The van der Waals surface area contributed by atoms with E-state index >= 15 is 0 Å². The predicted molar refractivity (Wildman–Crippen MR) is 76.6 cm³/mol. The van der Waals surface area contributed by atoms with Gasteiger partial charge in [0.2, 0.25) is 0 Å². The highest BCUT2D eigenvalue weighted by atomic mass is 35.5. The van der Waals surface area contributed by atoms with Gasteiger partial charge in [-0.05, 0) is 36.7 Å². The molecule has 1 aromatic rings. The third kappa shape index (κ3) is 3.89. The van der Waals surface area contributed by atoms with Crippen LogP contribution in [0.4, 0.5) is 0 Å². The highest BCUT2D eigenvalue weighted by Crippen LogP contribution is 2.30. The van der Waals surface area contributed by atoms with Gasteiger partial charge >= 0.3 is 0 Å². The largest absolute Gasteiger partial charge is 0.488 e. The molecule has 1 aliphatic rings. The Morgan fingerprint density at radius 3 is 3.06 bits per heavy atom. The van der Waals surface area contributed by atoms with E-state index in [0.717, 1.165) is 30.3 Å². The van der Waals surface area contributed by atoms with Crippen LogP contribution in [0.15, 0.2) is 18.2 Å². The Morgan fingerprint density at radius 1 is 1.33 bits per heavy atom. The minimum absolute atomic E-state index is 0.268. The van der Waals surface area contributed by atoms with Crippen LogP contribution in [0.2, 0.25) is 5.02 Å². The topological polar surface area (TPSA) is 21.3 Å². The minimum Gasteiger partial charge on any atom is -0.488 e. The van der Waals surface area contributed by atoms with Crippen LogP contribution in [0, 0.1) is 0 Å².